The van der Waals surface area contributed by atoms with Gasteiger partial charge < -0.3 is 19.6 Å². The van der Waals surface area contributed by atoms with Crippen LogP contribution in [0.3, 0.4) is 0 Å². The van der Waals surface area contributed by atoms with Crippen molar-refractivity contribution in [1.29, 1.82) is 0 Å². The molecule has 0 unspecified atom stereocenters. The highest BCUT2D eigenvalue weighted by molar-refractivity contribution is 5.96. The Balaban J connectivity index is 1.83. The maximum Gasteiger partial charge on any atom is 0.262 e. The summed E-state index contributed by atoms with van der Waals surface area (Å²) in [4.78, 5) is 15.8. The minimum Gasteiger partial charge on any atom is -0.504 e. The van der Waals surface area contributed by atoms with E-state index in [9.17, 15) is 9.90 Å². The Bertz CT molecular complexity index is 870. The number of anilines is 1. The van der Waals surface area contributed by atoms with Crippen LogP contribution in [0.25, 0.3) is 16.9 Å². The molecule has 2 N–H and O–H groups in total. The lowest BCUT2D eigenvalue weighted by atomic mass is 10.1. The van der Waals surface area contributed by atoms with E-state index >= 15 is 0 Å². The zero-order chi connectivity index (χ0) is 14.4. The molecule has 6 heteroatoms. The monoisotopic (exact) mass is 281 g/mol. The maximum absolute atomic E-state index is 11.4. The Morgan fingerprint density at radius 2 is 2.24 bits per heavy atom. The number of nitrogens with zero attached hydrogens (tertiary/aromatic N) is 2. The van der Waals surface area contributed by atoms with Gasteiger partial charge in [0.1, 0.15) is 5.75 Å². The number of ether oxygens (including phenoxy) is 1. The minimum absolute atomic E-state index is 0.0363. The first-order valence-electron chi connectivity index (χ1n) is 6.44. The van der Waals surface area contributed by atoms with E-state index in [1.165, 1.54) is 0 Å². The summed E-state index contributed by atoms with van der Waals surface area (Å²) in [6.07, 6.45) is 3.64. The van der Waals surface area contributed by atoms with Crippen molar-refractivity contribution in [2.75, 3.05) is 11.9 Å². The summed E-state index contributed by atoms with van der Waals surface area (Å²) >= 11 is 0. The van der Waals surface area contributed by atoms with Crippen LogP contribution in [0.1, 0.15) is 0 Å². The van der Waals surface area contributed by atoms with Gasteiger partial charge in [-0.3, -0.25) is 4.79 Å². The van der Waals surface area contributed by atoms with Gasteiger partial charge in [0.15, 0.2) is 18.0 Å². The number of imidazole rings is 1. The van der Waals surface area contributed by atoms with E-state index < -0.39 is 0 Å². The number of benzene rings is 1. The first-order chi connectivity index (χ1) is 10.2. The fraction of sp³-hybridized carbons (Fsp3) is 0.0667. The molecule has 0 bridgehead atoms. The van der Waals surface area contributed by atoms with E-state index in [4.69, 9.17) is 4.74 Å². The molecule has 2 aromatic heterocycles. The lowest BCUT2D eigenvalue weighted by Crippen LogP contribution is -2.25. The molecule has 0 spiro atoms. The summed E-state index contributed by atoms with van der Waals surface area (Å²) in [5.74, 6) is 0.593. The fourth-order valence-corrected chi connectivity index (χ4v) is 2.38. The molecule has 0 aliphatic carbocycles. The van der Waals surface area contributed by atoms with Crippen molar-refractivity contribution in [2.45, 2.75) is 0 Å². The van der Waals surface area contributed by atoms with Crippen molar-refractivity contribution in [2.24, 2.45) is 0 Å². The Labute approximate surface area is 119 Å². The molecule has 0 saturated heterocycles. The molecule has 0 fully saturated rings. The van der Waals surface area contributed by atoms with Crippen LogP contribution in [0.4, 0.5) is 5.69 Å². The van der Waals surface area contributed by atoms with E-state index in [-0.39, 0.29) is 18.3 Å². The Hall–Kier alpha value is -3.02. The van der Waals surface area contributed by atoms with E-state index in [0.29, 0.717) is 22.8 Å². The Morgan fingerprint density at radius 3 is 3.10 bits per heavy atom. The van der Waals surface area contributed by atoms with Crippen molar-refractivity contribution < 1.29 is 14.6 Å². The number of aromatic nitrogens is 2. The van der Waals surface area contributed by atoms with Crippen LogP contribution >= 0.6 is 0 Å². The lowest BCUT2D eigenvalue weighted by Gasteiger charge is -2.18. The van der Waals surface area contributed by atoms with Crippen LogP contribution in [-0.2, 0) is 4.79 Å². The predicted octanol–water partition coefficient (Wildman–Crippen LogP) is 2.04. The molecule has 21 heavy (non-hydrogen) atoms. The summed E-state index contributed by atoms with van der Waals surface area (Å²) in [7, 11) is 0. The normalized spacial score (nSPS) is 13.6. The van der Waals surface area contributed by atoms with Crippen molar-refractivity contribution in [1.82, 2.24) is 9.38 Å². The second kappa shape index (κ2) is 4.24. The molecule has 0 saturated carbocycles. The number of nitrogens with one attached hydrogen (secondary N) is 1. The third-order valence-corrected chi connectivity index (χ3v) is 3.37. The highest BCUT2D eigenvalue weighted by atomic mass is 16.5. The van der Waals surface area contributed by atoms with Crippen LogP contribution in [0.2, 0.25) is 0 Å². The smallest absolute Gasteiger partial charge is 0.262 e. The highest BCUT2D eigenvalue weighted by Crippen LogP contribution is 2.33. The molecule has 3 aromatic rings. The first kappa shape index (κ1) is 11.8. The summed E-state index contributed by atoms with van der Waals surface area (Å²) in [6.45, 7) is 0.0363. The summed E-state index contributed by atoms with van der Waals surface area (Å²) < 4.78 is 7.08. The standard InChI is InChI=1S/C15H11N3O3/c19-12-2-1-5-18-7-11(17-15(12)18)9-3-4-13-10(6-9)16-14(20)8-21-13/h1-7,19H,8H2,(H,16,20). The Kier molecular flexibility index (Phi) is 2.38. The maximum atomic E-state index is 11.4. The molecule has 1 aromatic carbocycles. The van der Waals surface area contributed by atoms with Crippen LogP contribution in [0, 0.1) is 0 Å². The predicted molar refractivity (Wildman–Crippen MR) is 76.4 cm³/mol. The molecular weight excluding hydrogens is 270 g/mol. The zero-order valence-electron chi connectivity index (χ0n) is 10.9. The van der Waals surface area contributed by atoms with Crippen molar-refractivity contribution in [3.8, 4) is 22.8 Å². The number of rotatable bonds is 1. The SMILES string of the molecule is O=C1COc2ccc(-c3cn4cccc(O)c4n3)cc2N1. The molecular formula is C15H11N3O3. The van der Waals surface area contributed by atoms with E-state index in [2.05, 4.69) is 10.3 Å². The largest absolute Gasteiger partial charge is 0.504 e. The molecule has 1 aliphatic heterocycles. The molecule has 0 radical (unpaired) electrons. The average Bonchev–Trinajstić information content (AvgIpc) is 2.92. The summed E-state index contributed by atoms with van der Waals surface area (Å²) in [6, 6.07) is 8.82. The van der Waals surface area contributed by atoms with E-state index in [1.807, 2.05) is 24.5 Å². The fourth-order valence-electron chi connectivity index (χ4n) is 2.38. The van der Waals surface area contributed by atoms with Gasteiger partial charge in [0, 0.05) is 18.0 Å². The van der Waals surface area contributed by atoms with Gasteiger partial charge in [-0.2, -0.15) is 0 Å². The number of carbonyl (C=O) groups excluding carboxylic acids is 1. The van der Waals surface area contributed by atoms with Gasteiger partial charge in [-0.05, 0) is 30.3 Å². The number of hydrogen-bond donors (Lipinski definition) is 2. The van der Waals surface area contributed by atoms with Gasteiger partial charge in [0.2, 0.25) is 0 Å². The van der Waals surface area contributed by atoms with Crippen molar-refractivity contribution in [3.63, 3.8) is 0 Å². The first-order valence-corrected chi connectivity index (χ1v) is 6.44. The lowest BCUT2D eigenvalue weighted by molar-refractivity contribution is -0.118. The van der Waals surface area contributed by atoms with Gasteiger partial charge >= 0.3 is 0 Å². The number of aromatic hydroxyl groups is 1. The summed E-state index contributed by atoms with van der Waals surface area (Å²) in [5, 5.41) is 12.6. The average molecular weight is 281 g/mol. The Morgan fingerprint density at radius 1 is 1.33 bits per heavy atom. The van der Waals surface area contributed by atoms with Crippen LogP contribution in [0.15, 0.2) is 42.7 Å². The number of carbonyl (C=O) groups is 1. The number of hydrogen-bond acceptors (Lipinski definition) is 4. The molecule has 0 atom stereocenters. The van der Waals surface area contributed by atoms with Crippen LogP contribution in [-0.4, -0.2) is 27.0 Å². The van der Waals surface area contributed by atoms with Gasteiger partial charge in [-0.25, -0.2) is 4.98 Å². The van der Waals surface area contributed by atoms with Crippen LogP contribution < -0.4 is 10.1 Å². The number of fused-ring (bicyclic) bond motifs is 2. The molecule has 1 amide bonds. The van der Waals surface area contributed by atoms with Gasteiger partial charge in [0.05, 0.1) is 11.4 Å². The quantitative estimate of drug-likeness (QED) is 0.715. The van der Waals surface area contributed by atoms with Crippen molar-refractivity contribution >= 4 is 17.2 Å². The second-order valence-corrected chi connectivity index (χ2v) is 4.80. The van der Waals surface area contributed by atoms with Gasteiger partial charge in [-0.15, -0.1) is 0 Å². The van der Waals surface area contributed by atoms with Gasteiger partial charge in [-0.1, -0.05) is 0 Å². The van der Waals surface area contributed by atoms with Crippen molar-refractivity contribution in [3.05, 3.63) is 42.7 Å². The highest BCUT2D eigenvalue weighted by Gasteiger charge is 2.17. The number of amides is 1. The number of pyridine rings is 1. The topological polar surface area (TPSA) is 75.9 Å². The second-order valence-electron chi connectivity index (χ2n) is 4.80. The minimum atomic E-state index is -0.174. The molecule has 6 nitrogen and oxygen atoms in total. The van der Waals surface area contributed by atoms with Crippen LogP contribution in [0.5, 0.6) is 11.5 Å². The van der Waals surface area contributed by atoms with Gasteiger partial charge in [0.25, 0.3) is 5.91 Å². The van der Waals surface area contributed by atoms with E-state index in [1.54, 1.807) is 22.6 Å². The third kappa shape index (κ3) is 1.88. The zero-order valence-corrected chi connectivity index (χ0v) is 10.9. The third-order valence-electron chi connectivity index (χ3n) is 3.37. The molecule has 4 rings (SSSR count). The molecule has 1 aliphatic rings. The molecule has 104 valence electrons. The molecule has 3 heterocycles. The van der Waals surface area contributed by atoms with E-state index in [0.717, 1.165) is 5.56 Å². The summed E-state index contributed by atoms with van der Waals surface area (Å²) in [5.41, 5.74) is 2.66.